The van der Waals surface area contributed by atoms with Crippen LogP contribution in [0.25, 0.3) is 11.3 Å². The van der Waals surface area contributed by atoms with Gasteiger partial charge in [0, 0.05) is 19.0 Å². The van der Waals surface area contributed by atoms with Crippen molar-refractivity contribution < 1.29 is 4.74 Å². The fourth-order valence-corrected chi connectivity index (χ4v) is 3.03. The molecule has 0 bridgehead atoms. The third kappa shape index (κ3) is 2.60. The number of methoxy groups -OCH3 is 1. The van der Waals surface area contributed by atoms with E-state index in [0.717, 1.165) is 33.6 Å². The molecule has 0 amide bonds. The molecule has 1 heterocycles. The van der Waals surface area contributed by atoms with E-state index in [1.165, 1.54) is 11.1 Å². The van der Waals surface area contributed by atoms with E-state index in [9.17, 15) is 0 Å². The topological polar surface area (TPSA) is 53.1 Å². The normalized spacial score (nSPS) is 10.9. The average Bonchev–Trinajstić information content (AvgIpc) is 2.68. The van der Waals surface area contributed by atoms with E-state index in [1.807, 2.05) is 11.7 Å². The van der Waals surface area contributed by atoms with Crippen LogP contribution in [-0.4, -0.2) is 23.4 Å². The summed E-state index contributed by atoms with van der Waals surface area (Å²) in [5.41, 5.74) is 11.1. The first-order valence-corrected chi connectivity index (χ1v) is 7.36. The smallest absolute Gasteiger partial charge is 0.128 e. The Morgan fingerprint density at radius 2 is 1.95 bits per heavy atom. The highest BCUT2D eigenvalue weighted by Gasteiger charge is 2.19. The number of hydrogen-bond donors (Lipinski definition) is 1. The minimum atomic E-state index is 0.582. The van der Waals surface area contributed by atoms with Gasteiger partial charge in [-0.3, -0.25) is 4.68 Å². The summed E-state index contributed by atoms with van der Waals surface area (Å²) in [5, 5.41) is 4.54. The van der Waals surface area contributed by atoms with Gasteiger partial charge in [0.05, 0.1) is 23.0 Å². The molecule has 0 saturated heterocycles. The number of aromatic nitrogens is 2. The van der Waals surface area contributed by atoms with Crippen molar-refractivity contribution in [2.45, 2.75) is 20.3 Å². The maximum atomic E-state index is 5.63. The molecule has 2 aromatic rings. The summed E-state index contributed by atoms with van der Waals surface area (Å²) in [7, 11) is 3.63. The van der Waals surface area contributed by atoms with Crippen LogP contribution in [0.1, 0.15) is 16.8 Å². The number of nitrogens with zero attached hydrogens (tertiary/aromatic N) is 2. The molecule has 20 heavy (non-hydrogen) atoms. The molecule has 0 saturated carbocycles. The Balaban J connectivity index is 2.65. The number of ether oxygens (including phenoxy) is 1. The van der Waals surface area contributed by atoms with Gasteiger partial charge in [0.2, 0.25) is 0 Å². The highest BCUT2D eigenvalue weighted by Crippen LogP contribution is 2.38. The molecule has 0 aliphatic rings. The molecule has 5 heteroatoms. The number of aryl methyl sites for hydroxylation is 3. The summed E-state index contributed by atoms with van der Waals surface area (Å²) in [4.78, 5) is 0. The molecule has 0 radical (unpaired) electrons. The predicted octanol–water partition coefficient (Wildman–Crippen LogP) is 2.98. The van der Waals surface area contributed by atoms with Gasteiger partial charge in [0.15, 0.2) is 0 Å². The van der Waals surface area contributed by atoms with E-state index in [4.69, 9.17) is 10.5 Å². The molecule has 0 aliphatic carbocycles. The largest absolute Gasteiger partial charge is 0.496 e. The molecule has 0 fully saturated rings. The fourth-order valence-electron chi connectivity index (χ4n) is 2.29. The zero-order valence-electron chi connectivity index (χ0n) is 12.3. The molecule has 1 aromatic heterocycles. The summed E-state index contributed by atoms with van der Waals surface area (Å²) < 4.78 is 8.40. The Labute approximate surface area is 128 Å². The standard InChI is InChI=1S/C15H20BrN3O/c1-9-7-11(13(20-4)8-10(9)2)15-14(16)12(5-6-17)18-19(15)3/h7-8H,5-6,17H2,1-4H3. The third-order valence-electron chi connectivity index (χ3n) is 3.51. The summed E-state index contributed by atoms with van der Waals surface area (Å²) >= 11 is 3.65. The van der Waals surface area contributed by atoms with Crippen molar-refractivity contribution in [1.29, 1.82) is 0 Å². The first-order valence-electron chi connectivity index (χ1n) is 6.56. The molecular formula is C15H20BrN3O. The Kier molecular flexibility index (Phi) is 4.50. The number of rotatable bonds is 4. The molecule has 2 rings (SSSR count). The molecule has 0 aliphatic heterocycles. The SMILES string of the molecule is COc1cc(C)c(C)cc1-c1c(Br)c(CCN)nn1C. The molecule has 0 atom stereocenters. The van der Waals surface area contributed by atoms with Gasteiger partial charge in [0.1, 0.15) is 5.75 Å². The Bertz CT molecular complexity index is 635. The summed E-state index contributed by atoms with van der Waals surface area (Å²) in [6.45, 7) is 4.77. The van der Waals surface area contributed by atoms with Crippen LogP contribution in [0.5, 0.6) is 5.75 Å². The lowest BCUT2D eigenvalue weighted by molar-refractivity contribution is 0.415. The molecular weight excluding hydrogens is 318 g/mol. The summed E-state index contributed by atoms with van der Waals surface area (Å²) in [6.07, 6.45) is 0.752. The van der Waals surface area contributed by atoms with Crippen molar-refractivity contribution in [1.82, 2.24) is 9.78 Å². The predicted molar refractivity (Wildman–Crippen MR) is 85.1 cm³/mol. The Morgan fingerprint density at radius 1 is 1.30 bits per heavy atom. The first-order chi connectivity index (χ1) is 9.49. The molecule has 2 N–H and O–H groups in total. The van der Waals surface area contributed by atoms with Crippen molar-refractivity contribution >= 4 is 15.9 Å². The van der Waals surface area contributed by atoms with E-state index in [-0.39, 0.29) is 0 Å². The zero-order chi connectivity index (χ0) is 14.9. The number of halogens is 1. The lowest BCUT2D eigenvalue weighted by Gasteiger charge is -2.12. The average molecular weight is 338 g/mol. The highest BCUT2D eigenvalue weighted by molar-refractivity contribution is 9.10. The fraction of sp³-hybridized carbons (Fsp3) is 0.400. The molecule has 4 nitrogen and oxygen atoms in total. The number of benzene rings is 1. The molecule has 0 unspecified atom stereocenters. The van der Waals surface area contributed by atoms with Crippen molar-refractivity contribution in [3.8, 4) is 17.0 Å². The zero-order valence-corrected chi connectivity index (χ0v) is 13.9. The second-order valence-electron chi connectivity index (χ2n) is 4.91. The highest BCUT2D eigenvalue weighted by atomic mass is 79.9. The van der Waals surface area contributed by atoms with E-state index in [1.54, 1.807) is 7.11 Å². The Morgan fingerprint density at radius 3 is 2.55 bits per heavy atom. The van der Waals surface area contributed by atoms with Crippen LogP contribution >= 0.6 is 15.9 Å². The van der Waals surface area contributed by atoms with E-state index in [0.29, 0.717) is 6.54 Å². The summed E-state index contributed by atoms with van der Waals surface area (Å²) in [5.74, 6) is 0.857. The van der Waals surface area contributed by atoms with Crippen LogP contribution in [0.4, 0.5) is 0 Å². The Hall–Kier alpha value is -1.33. The van der Waals surface area contributed by atoms with Gasteiger partial charge in [-0.15, -0.1) is 0 Å². The molecule has 108 valence electrons. The lowest BCUT2D eigenvalue weighted by atomic mass is 10.0. The lowest BCUT2D eigenvalue weighted by Crippen LogP contribution is -2.04. The second-order valence-corrected chi connectivity index (χ2v) is 5.70. The minimum absolute atomic E-state index is 0.582. The monoisotopic (exact) mass is 337 g/mol. The minimum Gasteiger partial charge on any atom is -0.496 e. The van der Waals surface area contributed by atoms with Crippen molar-refractivity contribution in [2.75, 3.05) is 13.7 Å². The van der Waals surface area contributed by atoms with Crippen molar-refractivity contribution in [3.63, 3.8) is 0 Å². The summed E-state index contributed by atoms with van der Waals surface area (Å²) in [6, 6.07) is 4.20. The van der Waals surface area contributed by atoms with Gasteiger partial charge in [-0.2, -0.15) is 5.10 Å². The van der Waals surface area contributed by atoms with Gasteiger partial charge >= 0.3 is 0 Å². The van der Waals surface area contributed by atoms with Crippen LogP contribution in [0.15, 0.2) is 16.6 Å². The van der Waals surface area contributed by atoms with Crippen LogP contribution in [0.2, 0.25) is 0 Å². The maximum Gasteiger partial charge on any atom is 0.128 e. The van der Waals surface area contributed by atoms with Gasteiger partial charge in [-0.25, -0.2) is 0 Å². The second kappa shape index (κ2) is 5.97. The van der Waals surface area contributed by atoms with Crippen LogP contribution in [0, 0.1) is 13.8 Å². The van der Waals surface area contributed by atoms with Crippen LogP contribution in [0.3, 0.4) is 0 Å². The molecule has 0 spiro atoms. The van der Waals surface area contributed by atoms with Gasteiger partial charge in [-0.1, -0.05) is 0 Å². The third-order valence-corrected chi connectivity index (χ3v) is 4.34. The quantitative estimate of drug-likeness (QED) is 0.932. The van der Waals surface area contributed by atoms with Crippen molar-refractivity contribution in [3.05, 3.63) is 33.4 Å². The van der Waals surface area contributed by atoms with Gasteiger partial charge < -0.3 is 10.5 Å². The van der Waals surface area contributed by atoms with Crippen molar-refractivity contribution in [2.24, 2.45) is 12.8 Å². The van der Waals surface area contributed by atoms with Gasteiger partial charge in [-0.05, 0) is 59.6 Å². The van der Waals surface area contributed by atoms with Crippen LogP contribution < -0.4 is 10.5 Å². The maximum absolute atomic E-state index is 5.63. The first kappa shape index (κ1) is 15.1. The number of hydrogen-bond acceptors (Lipinski definition) is 3. The number of nitrogens with two attached hydrogens (primary N) is 1. The van der Waals surface area contributed by atoms with E-state index in [2.05, 4.69) is 47.0 Å². The van der Waals surface area contributed by atoms with E-state index >= 15 is 0 Å². The van der Waals surface area contributed by atoms with Crippen LogP contribution in [-0.2, 0) is 13.5 Å². The molecule has 1 aromatic carbocycles. The van der Waals surface area contributed by atoms with Gasteiger partial charge in [0.25, 0.3) is 0 Å². The van der Waals surface area contributed by atoms with E-state index < -0.39 is 0 Å².